The number of thioether (sulfide) groups is 1. The number of nitrogens with zero attached hydrogens (tertiary/aromatic N) is 1. The van der Waals surface area contributed by atoms with Crippen molar-refractivity contribution in [3.8, 4) is 5.75 Å². The number of anilines is 2. The zero-order chi connectivity index (χ0) is 24.2. The lowest BCUT2D eigenvalue weighted by atomic mass is 9.82. The first-order valence-electron chi connectivity index (χ1n) is 10.8. The number of amides is 3. The van der Waals surface area contributed by atoms with Crippen molar-refractivity contribution in [2.24, 2.45) is 11.8 Å². The Bertz CT molecular complexity index is 1130. The topological polar surface area (TPSA) is 113 Å². The number of rotatable bonds is 7. The monoisotopic (exact) mass is 480 g/mol. The van der Waals surface area contributed by atoms with Gasteiger partial charge in [0.2, 0.25) is 17.7 Å². The van der Waals surface area contributed by atoms with Crippen LogP contribution in [0.25, 0.3) is 0 Å². The maximum atomic E-state index is 12.9. The lowest BCUT2D eigenvalue weighted by molar-refractivity contribution is -0.146. The van der Waals surface area contributed by atoms with Gasteiger partial charge in [-0.05, 0) is 61.4 Å². The summed E-state index contributed by atoms with van der Waals surface area (Å²) in [5.41, 5.74) is 1.05. The lowest BCUT2D eigenvalue weighted by Crippen LogP contribution is -2.34. The smallest absolute Gasteiger partial charge is 0.307 e. The third kappa shape index (κ3) is 4.99. The van der Waals surface area contributed by atoms with E-state index >= 15 is 0 Å². The van der Waals surface area contributed by atoms with Crippen molar-refractivity contribution < 1.29 is 29.0 Å². The van der Waals surface area contributed by atoms with Crippen LogP contribution in [0.5, 0.6) is 5.75 Å². The highest BCUT2D eigenvalue weighted by atomic mass is 32.2. The third-order valence-corrected chi connectivity index (χ3v) is 7.12. The average molecular weight is 481 g/mol. The summed E-state index contributed by atoms with van der Waals surface area (Å²) in [6, 6.07) is 13.7. The molecule has 1 heterocycles. The Balaban J connectivity index is 1.38. The summed E-state index contributed by atoms with van der Waals surface area (Å²) in [5, 5.41) is 11.6. The van der Waals surface area contributed by atoms with Crippen molar-refractivity contribution in [2.45, 2.75) is 29.4 Å². The average Bonchev–Trinajstić information content (AvgIpc) is 3.12. The van der Waals surface area contributed by atoms with Crippen LogP contribution in [0, 0.1) is 11.8 Å². The number of ether oxygens (including phenoxy) is 1. The first-order chi connectivity index (χ1) is 16.4. The number of benzene rings is 2. The number of carbonyl (C=O) groups is 4. The van der Waals surface area contributed by atoms with E-state index in [-0.39, 0.29) is 24.1 Å². The molecule has 0 aromatic heterocycles. The van der Waals surface area contributed by atoms with Gasteiger partial charge in [-0.1, -0.05) is 12.2 Å². The minimum absolute atomic E-state index is 0.0970. The second kappa shape index (κ2) is 10.1. The van der Waals surface area contributed by atoms with E-state index in [1.807, 2.05) is 6.08 Å². The van der Waals surface area contributed by atoms with Gasteiger partial charge in [-0.3, -0.25) is 19.2 Å². The fourth-order valence-electron chi connectivity index (χ4n) is 4.09. The summed E-state index contributed by atoms with van der Waals surface area (Å²) >= 11 is 1.29. The maximum Gasteiger partial charge on any atom is 0.307 e. The third-order valence-electron chi connectivity index (χ3n) is 5.92. The summed E-state index contributed by atoms with van der Waals surface area (Å²) in [4.78, 5) is 51.5. The van der Waals surface area contributed by atoms with E-state index in [0.29, 0.717) is 30.0 Å². The van der Waals surface area contributed by atoms with Crippen LogP contribution in [0.2, 0.25) is 0 Å². The van der Waals surface area contributed by atoms with Crippen LogP contribution in [-0.4, -0.2) is 41.2 Å². The largest absolute Gasteiger partial charge is 0.497 e. The van der Waals surface area contributed by atoms with Gasteiger partial charge in [0, 0.05) is 17.0 Å². The predicted molar refractivity (Wildman–Crippen MR) is 128 cm³/mol. The van der Waals surface area contributed by atoms with Gasteiger partial charge < -0.3 is 15.2 Å². The Morgan fingerprint density at radius 1 is 1.00 bits per heavy atom. The van der Waals surface area contributed by atoms with Crippen molar-refractivity contribution in [3.05, 3.63) is 60.7 Å². The Hall–Kier alpha value is -3.59. The van der Waals surface area contributed by atoms with Crippen molar-refractivity contribution in [1.29, 1.82) is 0 Å². The lowest BCUT2D eigenvalue weighted by Gasteiger charge is -2.24. The quantitative estimate of drug-likeness (QED) is 0.459. The molecule has 2 aromatic rings. The molecule has 176 valence electrons. The number of carboxylic acids is 1. The molecule has 3 amide bonds. The molecule has 3 atom stereocenters. The number of carbonyl (C=O) groups excluding carboxylic acids is 3. The van der Waals surface area contributed by atoms with Gasteiger partial charge in [0.15, 0.2) is 0 Å². The number of hydrogen-bond donors (Lipinski definition) is 2. The molecule has 2 aliphatic rings. The highest BCUT2D eigenvalue weighted by molar-refractivity contribution is 8.00. The summed E-state index contributed by atoms with van der Waals surface area (Å²) in [5.74, 6) is -2.56. The van der Waals surface area contributed by atoms with Gasteiger partial charge in [0.25, 0.3) is 0 Å². The molecule has 0 spiro atoms. The zero-order valence-electron chi connectivity index (χ0n) is 18.5. The van der Waals surface area contributed by atoms with Crippen LogP contribution in [0.3, 0.4) is 0 Å². The maximum absolute atomic E-state index is 12.9. The molecule has 0 radical (unpaired) electrons. The number of aliphatic carboxylic acids is 1. The first kappa shape index (κ1) is 23.6. The second-order valence-electron chi connectivity index (χ2n) is 8.08. The minimum atomic E-state index is -0.976. The molecule has 2 aromatic carbocycles. The number of nitrogens with one attached hydrogen (secondary N) is 1. The van der Waals surface area contributed by atoms with Crippen LogP contribution >= 0.6 is 11.8 Å². The molecule has 2 N–H and O–H groups in total. The zero-order valence-corrected chi connectivity index (χ0v) is 19.3. The van der Waals surface area contributed by atoms with Crippen LogP contribution in [0.4, 0.5) is 11.4 Å². The summed E-state index contributed by atoms with van der Waals surface area (Å²) in [7, 11) is 1.55. The van der Waals surface area contributed by atoms with Crippen LogP contribution in [0.15, 0.2) is 65.6 Å². The Labute approximate surface area is 201 Å². The van der Waals surface area contributed by atoms with Crippen LogP contribution in [0.1, 0.15) is 19.3 Å². The van der Waals surface area contributed by atoms with Gasteiger partial charge in [-0.15, -0.1) is 11.8 Å². The molecule has 8 nitrogen and oxygen atoms in total. The highest BCUT2D eigenvalue weighted by Gasteiger charge is 2.40. The SMILES string of the molecule is COc1ccc(N2C(=O)C[C@H](Sc3ccc(NC(=O)[C@@H]4CC=CC[C@@H]4C(=O)O)cc3)C2=O)cc1. The molecule has 0 bridgehead atoms. The number of allylic oxidation sites excluding steroid dienone is 2. The Morgan fingerprint density at radius 3 is 2.26 bits per heavy atom. The van der Waals surface area contributed by atoms with Crippen molar-refractivity contribution in [3.63, 3.8) is 0 Å². The van der Waals surface area contributed by atoms with Crippen LogP contribution < -0.4 is 15.0 Å². The van der Waals surface area contributed by atoms with Gasteiger partial charge in [0.05, 0.1) is 29.9 Å². The molecular formula is C25H24N2O6S. The summed E-state index contributed by atoms with van der Waals surface area (Å²) in [6.45, 7) is 0. The predicted octanol–water partition coefficient (Wildman–Crippen LogP) is 3.72. The van der Waals surface area contributed by atoms with Crippen molar-refractivity contribution in [1.82, 2.24) is 0 Å². The van der Waals surface area contributed by atoms with E-state index in [1.165, 1.54) is 16.7 Å². The van der Waals surface area contributed by atoms with E-state index in [4.69, 9.17) is 4.74 Å². The normalized spacial score (nSPS) is 22.0. The first-order valence-corrected chi connectivity index (χ1v) is 11.7. The number of carboxylic acid groups (broad SMARTS) is 1. The fraction of sp³-hybridized carbons (Fsp3) is 0.280. The van der Waals surface area contributed by atoms with E-state index in [0.717, 1.165) is 4.90 Å². The number of hydrogen-bond acceptors (Lipinski definition) is 6. The molecule has 4 rings (SSSR count). The van der Waals surface area contributed by atoms with Crippen molar-refractivity contribution in [2.75, 3.05) is 17.3 Å². The molecule has 0 unspecified atom stereocenters. The fourth-order valence-corrected chi connectivity index (χ4v) is 5.15. The van der Waals surface area contributed by atoms with Gasteiger partial charge >= 0.3 is 5.97 Å². The van der Waals surface area contributed by atoms with Crippen molar-refractivity contribution >= 4 is 46.8 Å². The molecule has 1 saturated heterocycles. The molecule has 1 aliphatic heterocycles. The van der Waals surface area contributed by atoms with E-state index in [1.54, 1.807) is 61.7 Å². The van der Waals surface area contributed by atoms with E-state index < -0.39 is 23.1 Å². The summed E-state index contributed by atoms with van der Waals surface area (Å²) < 4.78 is 5.12. The standard InChI is InChI=1S/C25H24N2O6S/c1-33-17-10-8-16(9-11-17)27-22(28)14-21(24(27)30)34-18-12-6-15(7-13-18)26-23(29)19-4-2-3-5-20(19)25(31)32/h2-3,6-13,19-21H,4-5,14H2,1H3,(H,26,29)(H,31,32)/t19-,20+,21+/m1/s1. The second-order valence-corrected chi connectivity index (χ2v) is 9.36. The highest BCUT2D eigenvalue weighted by Crippen LogP contribution is 2.35. The Morgan fingerprint density at radius 2 is 1.65 bits per heavy atom. The molecule has 1 fully saturated rings. The molecular weight excluding hydrogens is 456 g/mol. The van der Waals surface area contributed by atoms with Gasteiger partial charge in [0.1, 0.15) is 5.75 Å². The molecule has 9 heteroatoms. The summed E-state index contributed by atoms with van der Waals surface area (Å²) in [6.07, 6.45) is 4.45. The van der Waals surface area contributed by atoms with Gasteiger partial charge in [-0.25, -0.2) is 4.90 Å². The number of imide groups is 1. The molecule has 1 aliphatic carbocycles. The van der Waals surface area contributed by atoms with E-state index in [2.05, 4.69) is 5.32 Å². The number of methoxy groups -OCH3 is 1. The minimum Gasteiger partial charge on any atom is -0.497 e. The van der Waals surface area contributed by atoms with Crippen LogP contribution in [-0.2, 0) is 19.2 Å². The van der Waals surface area contributed by atoms with E-state index in [9.17, 15) is 24.3 Å². The molecule has 34 heavy (non-hydrogen) atoms. The Kier molecular flexibility index (Phi) is 7.02. The molecule has 0 saturated carbocycles. The van der Waals surface area contributed by atoms with Gasteiger partial charge in [-0.2, -0.15) is 0 Å².